The van der Waals surface area contributed by atoms with E-state index in [0.29, 0.717) is 5.92 Å². The Morgan fingerprint density at radius 1 is 0.957 bits per heavy atom. The van der Waals surface area contributed by atoms with Gasteiger partial charge in [0.05, 0.1) is 5.75 Å². The molecule has 5 heteroatoms. The highest BCUT2D eigenvalue weighted by atomic mass is 32.2. The van der Waals surface area contributed by atoms with Crippen LogP contribution >= 0.6 is 0 Å². The smallest absolute Gasteiger partial charge is 0.215 e. The highest BCUT2D eigenvalue weighted by Crippen LogP contribution is 2.17. The van der Waals surface area contributed by atoms with Crippen molar-refractivity contribution in [3.8, 4) is 0 Å². The van der Waals surface area contributed by atoms with E-state index in [1.165, 1.54) is 5.56 Å². The fourth-order valence-corrected chi connectivity index (χ4v) is 3.47. The molecule has 0 aromatic heterocycles. The highest BCUT2D eigenvalue weighted by Gasteiger charge is 2.14. The lowest BCUT2D eigenvalue weighted by Crippen LogP contribution is -2.32. The second-order valence-corrected chi connectivity index (χ2v) is 7.83. The van der Waals surface area contributed by atoms with E-state index >= 15 is 0 Å². The summed E-state index contributed by atoms with van der Waals surface area (Å²) in [5, 5.41) is 0. The van der Waals surface area contributed by atoms with Crippen LogP contribution in [0.15, 0.2) is 54.6 Å². The third-order valence-electron chi connectivity index (χ3n) is 3.75. The summed E-state index contributed by atoms with van der Waals surface area (Å²) in [6.45, 7) is 4.45. The molecule has 0 amide bonds. The maximum absolute atomic E-state index is 12.1. The van der Waals surface area contributed by atoms with Crippen molar-refractivity contribution in [2.45, 2.75) is 31.6 Å². The van der Waals surface area contributed by atoms with Gasteiger partial charge in [0.2, 0.25) is 10.0 Å². The molecule has 0 spiro atoms. The number of nitrogens with two attached hydrogens (primary N) is 1. The van der Waals surface area contributed by atoms with Gasteiger partial charge >= 0.3 is 0 Å². The average Bonchev–Trinajstić information content (AvgIpc) is 2.53. The minimum absolute atomic E-state index is 0.0349. The largest absolute Gasteiger partial charge is 0.323 e. The Bertz CT molecular complexity index is 710. The van der Waals surface area contributed by atoms with E-state index in [9.17, 15) is 8.42 Å². The molecule has 0 saturated carbocycles. The summed E-state index contributed by atoms with van der Waals surface area (Å²) >= 11 is 0. The molecule has 0 fully saturated rings. The lowest BCUT2D eigenvalue weighted by Gasteiger charge is -2.15. The molecule has 2 rings (SSSR count). The van der Waals surface area contributed by atoms with Crippen LogP contribution in [-0.4, -0.2) is 15.0 Å². The molecule has 0 saturated heterocycles. The molecule has 23 heavy (non-hydrogen) atoms. The van der Waals surface area contributed by atoms with E-state index < -0.39 is 10.0 Å². The molecule has 0 bridgehead atoms. The van der Waals surface area contributed by atoms with Crippen LogP contribution in [0.5, 0.6) is 0 Å². The minimum atomic E-state index is -3.39. The molecule has 2 aromatic rings. The Hall–Kier alpha value is -1.69. The molecule has 0 radical (unpaired) electrons. The lowest BCUT2D eigenvalue weighted by molar-refractivity contribution is 0.571. The van der Waals surface area contributed by atoms with E-state index in [4.69, 9.17) is 5.73 Å². The molecular weight excluding hydrogens is 308 g/mol. The third-order valence-corrected chi connectivity index (χ3v) is 5.07. The first kappa shape index (κ1) is 17.7. The standard InChI is InChI=1S/C18H24N2O2S/c1-14(2)16-8-10-17(11-9-16)18(19)12-20-23(21,22)13-15-6-4-3-5-7-15/h3-11,14,18,20H,12-13,19H2,1-2H3. The van der Waals surface area contributed by atoms with E-state index in [0.717, 1.165) is 11.1 Å². The Kier molecular flexibility index (Phi) is 5.93. The molecule has 3 N–H and O–H groups in total. The van der Waals surface area contributed by atoms with Crippen molar-refractivity contribution in [1.82, 2.24) is 4.72 Å². The number of hydrogen-bond donors (Lipinski definition) is 2. The van der Waals surface area contributed by atoms with E-state index in [1.807, 2.05) is 42.5 Å². The van der Waals surface area contributed by atoms with Gasteiger partial charge in [-0.15, -0.1) is 0 Å². The molecule has 0 heterocycles. The van der Waals surface area contributed by atoms with Crippen molar-refractivity contribution < 1.29 is 8.42 Å². The third kappa shape index (κ3) is 5.46. The van der Waals surface area contributed by atoms with Crippen LogP contribution in [0.3, 0.4) is 0 Å². The van der Waals surface area contributed by atoms with Gasteiger partial charge in [-0.25, -0.2) is 13.1 Å². The normalized spacial score (nSPS) is 13.2. The van der Waals surface area contributed by atoms with Gasteiger partial charge in [0.15, 0.2) is 0 Å². The predicted octanol–water partition coefficient (Wildman–Crippen LogP) is 2.93. The van der Waals surface area contributed by atoms with Gasteiger partial charge in [0.1, 0.15) is 0 Å². The second-order valence-electron chi connectivity index (χ2n) is 6.02. The Morgan fingerprint density at radius 2 is 1.52 bits per heavy atom. The average molecular weight is 332 g/mol. The molecule has 1 unspecified atom stereocenters. The number of sulfonamides is 1. The topological polar surface area (TPSA) is 72.2 Å². The summed E-state index contributed by atoms with van der Waals surface area (Å²) in [7, 11) is -3.39. The van der Waals surface area contributed by atoms with Gasteiger partial charge in [0, 0.05) is 12.6 Å². The van der Waals surface area contributed by atoms with Crippen LogP contribution in [0.1, 0.15) is 42.5 Å². The van der Waals surface area contributed by atoms with E-state index in [1.54, 1.807) is 12.1 Å². The van der Waals surface area contributed by atoms with Crippen molar-refractivity contribution >= 4 is 10.0 Å². The number of hydrogen-bond acceptors (Lipinski definition) is 3. The van der Waals surface area contributed by atoms with Gasteiger partial charge in [-0.3, -0.25) is 0 Å². The molecule has 0 aliphatic heterocycles. The molecule has 0 aliphatic carbocycles. The minimum Gasteiger partial charge on any atom is -0.323 e. The fraction of sp³-hybridized carbons (Fsp3) is 0.333. The Balaban J connectivity index is 1.93. The zero-order valence-electron chi connectivity index (χ0n) is 13.6. The number of rotatable bonds is 7. The first-order chi connectivity index (χ1) is 10.9. The summed E-state index contributed by atoms with van der Waals surface area (Å²) in [5.74, 6) is 0.428. The van der Waals surface area contributed by atoms with Crippen LogP contribution < -0.4 is 10.5 Å². The Labute approximate surface area is 138 Å². The molecular formula is C18H24N2O2S. The zero-order valence-corrected chi connectivity index (χ0v) is 14.4. The molecule has 1 atom stereocenters. The number of benzene rings is 2. The quantitative estimate of drug-likeness (QED) is 0.819. The van der Waals surface area contributed by atoms with Crippen molar-refractivity contribution in [3.63, 3.8) is 0 Å². The molecule has 0 aliphatic rings. The van der Waals surface area contributed by atoms with Gasteiger partial charge in [0.25, 0.3) is 0 Å². The highest BCUT2D eigenvalue weighted by molar-refractivity contribution is 7.88. The van der Waals surface area contributed by atoms with Crippen molar-refractivity contribution in [2.75, 3.05) is 6.54 Å². The van der Waals surface area contributed by atoms with Crippen molar-refractivity contribution in [3.05, 3.63) is 71.3 Å². The summed E-state index contributed by atoms with van der Waals surface area (Å²) < 4.78 is 26.8. The van der Waals surface area contributed by atoms with Gasteiger partial charge in [-0.2, -0.15) is 0 Å². The summed E-state index contributed by atoms with van der Waals surface area (Å²) in [4.78, 5) is 0. The Morgan fingerprint density at radius 3 is 2.09 bits per heavy atom. The van der Waals surface area contributed by atoms with Gasteiger partial charge in [-0.05, 0) is 22.6 Å². The van der Waals surface area contributed by atoms with Gasteiger partial charge < -0.3 is 5.73 Å². The predicted molar refractivity (Wildman–Crippen MR) is 94.5 cm³/mol. The monoisotopic (exact) mass is 332 g/mol. The van der Waals surface area contributed by atoms with E-state index in [-0.39, 0.29) is 18.3 Å². The van der Waals surface area contributed by atoms with Crippen LogP contribution in [0.25, 0.3) is 0 Å². The summed E-state index contributed by atoms with van der Waals surface area (Å²) in [6.07, 6.45) is 0. The van der Waals surface area contributed by atoms with Crippen LogP contribution in [0.4, 0.5) is 0 Å². The number of nitrogens with one attached hydrogen (secondary N) is 1. The van der Waals surface area contributed by atoms with Crippen LogP contribution in [0.2, 0.25) is 0 Å². The van der Waals surface area contributed by atoms with Gasteiger partial charge in [-0.1, -0.05) is 68.4 Å². The fourth-order valence-electron chi connectivity index (χ4n) is 2.31. The van der Waals surface area contributed by atoms with Crippen molar-refractivity contribution in [1.29, 1.82) is 0 Å². The van der Waals surface area contributed by atoms with E-state index in [2.05, 4.69) is 18.6 Å². The zero-order chi connectivity index (χ0) is 16.9. The SMILES string of the molecule is CC(C)c1ccc(C(N)CNS(=O)(=O)Cc2ccccc2)cc1. The summed E-state index contributed by atoms with van der Waals surface area (Å²) in [6, 6.07) is 16.8. The molecule has 2 aromatic carbocycles. The first-order valence-corrected chi connectivity index (χ1v) is 9.39. The molecule has 4 nitrogen and oxygen atoms in total. The van der Waals surface area contributed by atoms with Crippen LogP contribution in [-0.2, 0) is 15.8 Å². The second kappa shape index (κ2) is 7.73. The first-order valence-electron chi connectivity index (χ1n) is 7.74. The lowest BCUT2D eigenvalue weighted by atomic mass is 9.99. The van der Waals surface area contributed by atoms with Crippen LogP contribution in [0, 0.1) is 0 Å². The summed E-state index contributed by atoms with van der Waals surface area (Å²) in [5.41, 5.74) is 9.02. The maximum atomic E-state index is 12.1. The van der Waals surface area contributed by atoms with Crippen molar-refractivity contribution in [2.24, 2.45) is 5.73 Å². The molecule has 124 valence electrons. The maximum Gasteiger partial charge on any atom is 0.215 e.